The van der Waals surface area contributed by atoms with Crippen LogP contribution in [0.5, 0.6) is 0 Å². The van der Waals surface area contributed by atoms with Crippen LogP contribution in [-0.4, -0.2) is 70.6 Å². The van der Waals surface area contributed by atoms with Crippen LogP contribution >= 0.6 is 41.5 Å². The fraction of sp³-hybridized carbons (Fsp3) is 0.846. The van der Waals surface area contributed by atoms with Crippen LogP contribution in [0.4, 0.5) is 0 Å². The quantitative estimate of drug-likeness (QED) is 0.166. The van der Waals surface area contributed by atoms with Crippen LogP contribution in [0.3, 0.4) is 0 Å². The molecule has 4 unspecified atom stereocenters. The first kappa shape index (κ1) is 28.5. The fourth-order valence-electron chi connectivity index (χ4n) is 2.05. The van der Waals surface area contributed by atoms with Crippen molar-refractivity contribution in [1.29, 1.82) is 0 Å². The predicted molar refractivity (Wildman–Crippen MR) is 106 cm³/mol. The van der Waals surface area contributed by atoms with Crippen LogP contribution < -0.4 is 0 Å². The lowest BCUT2D eigenvalue weighted by Crippen LogP contribution is -2.40. The molecule has 0 spiro atoms. The van der Waals surface area contributed by atoms with E-state index < -0.39 is 24.7 Å². The Balaban J connectivity index is 0. The second-order valence-corrected chi connectivity index (χ2v) is 5.54. The number of esters is 2. The standard InChI is InChI=1S/C6H11O5P.C6H11O4P.CH3I.H2O/c7-5-2-3(11-12)1-4(10-5)6(8)9;1-8-6-3-4(10-11)2-5(7)9-6;1-2;/h3-4,6,8-9H,1-2,12H2;4,6H,2-3,11H2,1H3;1H3;1H2/t3?,4-;4?,6-;;/m00../s1. The van der Waals surface area contributed by atoms with Gasteiger partial charge < -0.3 is 38.9 Å². The molecule has 2 rings (SSSR count). The Kier molecular flexibility index (Phi) is 17.8. The number of carbonyl (C=O) groups is 2. The van der Waals surface area contributed by atoms with Crippen LogP contribution in [-0.2, 0) is 32.8 Å². The number of alkyl halides is 1. The highest BCUT2D eigenvalue weighted by Crippen LogP contribution is 2.21. The van der Waals surface area contributed by atoms with Gasteiger partial charge in [0.15, 0.2) is 12.4 Å². The monoisotopic (exact) mass is 532 g/mol. The molecule has 0 saturated carbocycles. The number of hydrogen-bond acceptors (Lipinski definition) is 9. The molecule has 4 N–H and O–H groups in total. The lowest BCUT2D eigenvalue weighted by Gasteiger charge is -2.28. The van der Waals surface area contributed by atoms with Gasteiger partial charge in [0.1, 0.15) is 0 Å². The molecule has 0 bridgehead atoms. The van der Waals surface area contributed by atoms with Gasteiger partial charge in [0.25, 0.3) is 0 Å². The van der Waals surface area contributed by atoms with Crippen molar-refractivity contribution in [2.24, 2.45) is 0 Å². The number of cyclic esters (lactones) is 2. The van der Waals surface area contributed by atoms with Crippen molar-refractivity contribution in [1.82, 2.24) is 0 Å². The molecule has 0 aromatic heterocycles. The molecule has 156 valence electrons. The highest BCUT2D eigenvalue weighted by atomic mass is 127. The summed E-state index contributed by atoms with van der Waals surface area (Å²) in [4.78, 5) is 23.6. The molecule has 2 heterocycles. The second kappa shape index (κ2) is 16.3. The zero-order valence-electron chi connectivity index (χ0n) is 14.5. The summed E-state index contributed by atoms with van der Waals surface area (Å²) < 4.78 is 24.1. The maximum Gasteiger partial charge on any atom is 0.310 e. The Bertz CT molecular complexity index is 387. The molecule has 0 amide bonds. The number of halogens is 1. The van der Waals surface area contributed by atoms with Crippen molar-refractivity contribution >= 4 is 53.5 Å². The third-order valence-electron chi connectivity index (χ3n) is 3.27. The first-order chi connectivity index (χ1) is 11.9. The summed E-state index contributed by atoms with van der Waals surface area (Å²) in [5.74, 6) is -0.734. The zero-order chi connectivity index (χ0) is 19.4. The summed E-state index contributed by atoms with van der Waals surface area (Å²) in [5.41, 5.74) is 0. The fourth-order valence-corrected chi connectivity index (χ4v) is 2.47. The van der Waals surface area contributed by atoms with Crippen molar-refractivity contribution in [2.75, 3.05) is 12.0 Å². The van der Waals surface area contributed by atoms with E-state index in [4.69, 9.17) is 28.7 Å². The van der Waals surface area contributed by atoms with Gasteiger partial charge in [-0.3, -0.25) is 9.59 Å². The predicted octanol–water partition coefficient (Wildman–Crippen LogP) is -0.124. The average Bonchev–Trinajstić information content (AvgIpc) is 2.62. The molecule has 2 aliphatic rings. The molecule has 0 aromatic carbocycles. The maximum atomic E-state index is 10.8. The van der Waals surface area contributed by atoms with Gasteiger partial charge in [-0.2, -0.15) is 0 Å². The van der Waals surface area contributed by atoms with Crippen molar-refractivity contribution in [3.63, 3.8) is 0 Å². The van der Waals surface area contributed by atoms with Gasteiger partial charge in [-0.15, -0.1) is 0 Å². The molecular formula is C13H27IO10P2. The minimum absolute atomic E-state index is 0. The van der Waals surface area contributed by atoms with E-state index in [1.807, 2.05) is 14.4 Å². The highest BCUT2D eigenvalue weighted by Gasteiger charge is 2.32. The number of aliphatic hydroxyl groups excluding tert-OH is 1. The molecule has 13 heteroatoms. The Hall–Kier alpha value is 0.290. The Morgan fingerprint density at radius 1 is 1.04 bits per heavy atom. The van der Waals surface area contributed by atoms with Crippen molar-refractivity contribution in [2.45, 2.75) is 56.6 Å². The maximum absolute atomic E-state index is 10.8. The summed E-state index contributed by atoms with van der Waals surface area (Å²) in [6, 6.07) is 0. The van der Waals surface area contributed by atoms with Crippen LogP contribution in [0.1, 0.15) is 25.7 Å². The minimum atomic E-state index is -1.63. The molecule has 0 radical (unpaired) electrons. The van der Waals surface area contributed by atoms with Crippen LogP contribution in [0.15, 0.2) is 0 Å². The topological polar surface area (TPSA) is 152 Å². The van der Waals surface area contributed by atoms with Gasteiger partial charge in [-0.05, 0) is 4.93 Å². The van der Waals surface area contributed by atoms with E-state index >= 15 is 0 Å². The van der Waals surface area contributed by atoms with E-state index in [0.29, 0.717) is 19.3 Å². The summed E-state index contributed by atoms with van der Waals surface area (Å²) in [6.07, 6.45) is -1.95. The summed E-state index contributed by atoms with van der Waals surface area (Å²) in [5, 5.41) is 17.4. The third kappa shape index (κ3) is 11.2. The molecular weight excluding hydrogens is 505 g/mol. The van der Waals surface area contributed by atoms with Gasteiger partial charge >= 0.3 is 11.9 Å². The second-order valence-electron chi connectivity index (χ2n) is 4.99. The number of rotatable bonds is 4. The van der Waals surface area contributed by atoms with E-state index in [9.17, 15) is 9.59 Å². The number of carbonyl (C=O) groups excluding carboxylic acids is 2. The Morgan fingerprint density at radius 2 is 1.50 bits per heavy atom. The molecule has 26 heavy (non-hydrogen) atoms. The molecule has 2 fully saturated rings. The number of ether oxygens (including phenoxy) is 3. The Labute approximate surface area is 170 Å². The van der Waals surface area contributed by atoms with E-state index in [1.165, 1.54) is 7.11 Å². The molecule has 10 nitrogen and oxygen atoms in total. The summed E-state index contributed by atoms with van der Waals surface area (Å²) >= 11 is 2.15. The van der Waals surface area contributed by atoms with E-state index in [2.05, 4.69) is 36.8 Å². The SMILES string of the molecule is CI.CO[C@@H]1CC(OP)CC(=O)O1.O.O=C1CC(OP)C[C@@H](C(O)O)O1. The summed E-state index contributed by atoms with van der Waals surface area (Å²) in [7, 11) is 5.68. The number of hydrogen-bond donors (Lipinski definition) is 2. The molecule has 0 aliphatic carbocycles. The number of methoxy groups -OCH3 is 1. The normalized spacial score (nSPS) is 27.7. The first-order valence-electron chi connectivity index (χ1n) is 7.26. The largest absolute Gasteiger partial charge is 0.457 e. The van der Waals surface area contributed by atoms with Crippen molar-refractivity contribution in [3.05, 3.63) is 0 Å². The Morgan fingerprint density at radius 3 is 1.92 bits per heavy atom. The van der Waals surface area contributed by atoms with Crippen molar-refractivity contribution in [3.8, 4) is 0 Å². The van der Waals surface area contributed by atoms with Gasteiger partial charge in [0.05, 0.1) is 25.0 Å². The average molecular weight is 532 g/mol. The van der Waals surface area contributed by atoms with E-state index in [-0.39, 0.29) is 30.1 Å². The lowest BCUT2D eigenvalue weighted by molar-refractivity contribution is -0.191. The molecule has 2 aliphatic heterocycles. The molecule has 2 saturated heterocycles. The van der Waals surface area contributed by atoms with Crippen LogP contribution in [0, 0.1) is 0 Å². The van der Waals surface area contributed by atoms with E-state index in [0.717, 1.165) is 0 Å². The van der Waals surface area contributed by atoms with Gasteiger partial charge in [0.2, 0.25) is 6.29 Å². The first-order valence-corrected chi connectivity index (χ1v) is 10.4. The lowest BCUT2D eigenvalue weighted by atomic mass is 10.1. The molecule has 0 aromatic rings. The van der Waals surface area contributed by atoms with Crippen LogP contribution in [0.2, 0.25) is 0 Å². The smallest absolute Gasteiger partial charge is 0.310 e. The van der Waals surface area contributed by atoms with Gasteiger partial charge in [-0.25, -0.2) is 0 Å². The third-order valence-corrected chi connectivity index (χ3v) is 4.04. The molecule has 6 atom stereocenters. The number of aliphatic hydroxyl groups is 2. The summed E-state index contributed by atoms with van der Waals surface area (Å²) in [6.45, 7) is 0. The highest BCUT2D eigenvalue weighted by molar-refractivity contribution is 14.1. The van der Waals surface area contributed by atoms with Crippen molar-refractivity contribution < 1.29 is 48.5 Å². The zero-order valence-corrected chi connectivity index (χ0v) is 19.0. The van der Waals surface area contributed by atoms with Gasteiger partial charge in [0, 0.05) is 38.9 Å². The minimum Gasteiger partial charge on any atom is -0.457 e. The van der Waals surface area contributed by atoms with Crippen LogP contribution in [0.25, 0.3) is 0 Å². The van der Waals surface area contributed by atoms with E-state index in [1.54, 1.807) is 0 Å². The van der Waals surface area contributed by atoms with Gasteiger partial charge in [-0.1, -0.05) is 22.6 Å².